The average molecular weight is 231 g/mol. The van der Waals surface area contributed by atoms with E-state index in [4.69, 9.17) is 24.7 Å². The molecule has 0 aromatic carbocycles. The number of hydrogen-bond acceptors (Lipinski definition) is 5. The molecule has 5 nitrogen and oxygen atoms in total. The smallest absolute Gasteiger partial charge is 0.0831 e. The first-order chi connectivity index (χ1) is 7.84. The van der Waals surface area contributed by atoms with Gasteiger partial charge in [0.15, 0.2) is 0 Å². The van der Waals surface area contributed by atoms with Gasteiger partial charge < -0.3 is 24.7 Å². The molecule has 94 valence electrons. The summed E-state index contributed by atoms with van der Waals surface area (Å²) in [6, 6.07) is -0.0544. The van der Waals surface area contributed by atoms with E-state index in [0.29, 0.717) is 26.4 Å². The molecule has 2 fully saturated rings. The predicted octanol–water partition coefficient (Wildman–Crippen LogP) is -0.0753. The van der Waals surface area contributed by atoms with Crippen molar-refractivity contribution >= 4 is 0 Å². The molecular weight excluding hydrogens is 210 g/mol. The molecule has 0 amide bonds. The van der Waals surface area contributed by atoms with Gasteiger partial charge in [-0.3, -0.25) is 0 Å². The lowest BCUT2D eigenvalue weighted by molar-refractivity contribution is -0.00445. The molecule has 2 rings (SSSR count). The highest BCUT2D eigenvalue weighted by atomic mass is 16.6. The van der Waals surface area contributed by atoms with Gasteiger partial charge in [0.05, 0.1) is 44.7 Å². The topological polar surface area (TPSA) is 62.9 Å². The van der Waals surface area contributed by atoms with Crippen LogP contribution in [0.15, 0.2) is 0 Å². The Labute approximate surface area is 96.2 Å². The molecule has 2 unspecified atom stereocenters. The van der Waals surface area contributed by atoms with Crippen LogP contribution < -0.4 is 5.73 Å². The first kappa shape index (κ1) is 12.3. The second-order valence-electron chi connectivity index (χ2n) is 4.40. The summed E-state index contributed by atoms with van der Waals surface area (Å²) >= 11 is 0. The minimum atomic E-state index is -0.0544. The zero-order valence-electron chi connectivity index (χ0n) is 9.60. The van der Waals surface area contributed by atoms with Crippen molar-refractivity contribution in [3.8, 4) is 0 Å². The van der Waals surface area contributed by atoms with Gasteiger partial charge in [0.1, 0.15) is 0 Å². The minimum absolute atomic E-state index is 0.0544. The summed E-state index contributed by atoms with van der Waals surface area (Å²) in [6.45, 7) is 4.09. The van der Waals surface area contributed by atoms with Crippen molar-refractivity contribution in [2.24, 2.45) is 5.73 Å². The lowest BCUT2D eigenvalue weighted by Gasteiger charge is -2.17. The molecule has 0 spiro atoms. The van der Waals surface area contributed by atoms with Gasteiger partial charge in [-0.15, -0.1) is 0 Å². The van der Waals surface area contributed by atoms with Crippen molar-refractivity contribution in [1.29, 1.82) is 0 Å². The van der Waals surface area contributed by atoms with Gasteiger partial charge in [-0.05, 0) is 12.8 Å². The Morgan fingerprint density at radius 1 is 1.00 bits per heavy atom. The van der Waals surface area contributed by atoms with Crippen LogP contribution in [-0.2, 0) is 18.9 Å². The molecule has 2 heterocycles. The Morgan fingerprint density at radius 3 is 1.88 bits per heavy atom. The zero-order valence-corrected chi connectivity index (χ0v) is 9.60. The van der Waals surface area contributed by atoms with Crippen molar-refractivity contribution in [3.05, 3.63) is 0 Å². The molecule has 0 bridgehead atoms. The van der Waals surface area contributed by atoms with Gasteiger partial charge in [-0.2, -0.15) is 0 Å². The maximum Gasteiger partial charge on any atom is 0.0831 e. The van der Waals surface area contributed by atoms with Crippen molar-refractivity contribution in [2.75, 3.05) is 39.6 Å². The van der Waals surface area contributed by atoms with Crippen LogP contribution in [-0.4, -0.2) is 57.9 Å². The Kier molecular flexibility index (Phi) is 4.99. The predicted molar refractivity (Wildman–Crippen MR) is 58.3 cm³/mol. The fourth-order valence-electron chi connectivity index (χ4n) is 1.86. The van der Waals surface area contributed by atoms with E-state index in [0.717, 1.165) is 26.1 Å². The lowest BCUT2D eigenvalue weighted by Crippen LogP contribution is -2.35. The van der Waals surface area contributed by atoms with Crippen LogP contribution in [0, 0.1) is 0 Å². The van der Waals surface area contributed by atoms with Crippen molar-refractivity contribution in [3.63, 3.8) is 0 Å². The van der Waals surface area contributed by atoms with E-state index in [9.17, 15) is 0 Å². The van der Waals surface area contributed by atoms with E-state index in [1.54, 1.807) is 0 Å². The Bertz CT molecular complexity index is 170. The van der Waals surface area contributed by atoms with Crippen LogP contribution in [0.3, 0.4) is 0 Å². The average Bonchev–Trinajstić information content (AvgIpc) is 2.96. The zero-order chi connectivity index (χ0) is 11.2. The fourth-order valence-corrected chi connectivity index (χ4v) is 1.86. The Morgan fingerprint density at radius 2 is 1.50 bits per heavy atom. The van der Waals surface area contributed by atoms with Crippen molar-refractivity contribution < 1.29 is 18.9 Å². The highest BCUT2D eigenvalue weighted by molar-refractivity contribution is 4.68. The van der Waals surface area contributed by atoms with Crippen molar-refractivity contribution in [2.45, 2.75) is 31.1 Å². The van der Waals surface area contributed by atoms with E-state index in [1.165, 1.54) is 0 Å². The van der Waals surface area contributed by atoms with Gasteiger partial charge >= 0.3 is 0 Å². The SMILES string of the molecule is NC(COC1CCOC1)COC1CCOC1. The molecule has 2 N–H and O–H groups in total. The molecular formula is C11H21NO4. The second-order valence-corrected chi connectivity index (χ2v) is 4.40. The summed E-state index contributed by atoms with van der Waals surface area (Å²) in [6.07, 6.45) is 2.40. The van der Waals surface area contributed by atoms with Crippen LogP contribution in [0.2, 0.25) is 0 Å². The number of rotatable bonds is 6. The third-order valence-corrected chi connectivity index (χ3v) is 2.87. The molecule has 0 aliphatic carbocycles. The number of nitrogens with two attached hydrogens (primary N) is 1. The third-order valence-electron chi connectivity index (χ3n) is 2.87. The highest BCUT2D eigenvalue weighted by Gasteiger charge is 2.19. The van der Waals surface area contributed by atoms with Crippen LogP contribution in [0.5, 0.6) is 0 Å². The van der Waals surface area contributed by atoms with Gasteiger partial charge in [0.25, 0.3) is 0 Å². The van der Waals surface area contributed by atoms with Crippen LogP contribution in [0.25, 0.3) is 0 Å². The molecule has 16 heavy (non-hydrogen) atoms. The van der Waals surface area contributed by atoms with Crippen molar-refractivity contribution in [1.82, 2.24) is 0 Å². The van der Waals surface area contributed by atoms with Crippen LogP contribution >= 0.6 is 0 Å². The highest BCUT2D eigenvalue weighted by Crippen LogP contribution is 2.10. The maximum absolute atomic E-state index is 5.90. The summed E-state index contributed by atoms with van der Waals surface area (Å²) in [7, 11) is 0. The molecule has 2 saturated heterocycles. The summed E-state index contributed by atoms with van der Waals surface area (Å²) in [5.74, 6) is 0. The molecule has 0 aromatic rings. The standard InChI is InChI=1S/C11H21NO4/c12-9(5-15-10-1-3-13-7-10)6-16-11-2-4-14-8-11/h9-11H,1-8,12H2. The van der Waals surface area contributed by atoms with Gasteiger partial charge in [-0.1, -0.05) is 0 Å². The molecule has 2 aliphatic heterocycles. The van der Waals surface area contributed by atoms with E-state index in [1.807, 2.05) is 0 Å². The Balaban J connectivity index is 1.51. The Hall–Kier alpha value is -0.200. The van der Waals surface area contributed by atoms with E-state index < -0.39 is 0 Å². The largest absolute Gasteiger partial charge is 0.379 e. The second kappa shape index (κ2) is 6.51. The molecule has 0 aromatic heterocycles. The first-order valence-corrected chi connectivity index (χ1v) is 5.99. The molecule has 2 atom stereocenters. The van der Waals surface area contributed by atoms with Gasteiger partial charge in [0, 0.05) is 13.2 Å². The summed E-state index contributed by atoms with van der Waals surface area (Å²) < 4.78 is 21.7. The summed E-state index contributed by atoms with van der Waals surface area (Å²) in [5, 5.41) is 0. The van der Waals surface area contributed by atoms with E-state index in [2.05, 4.69) is 0 Å². The molecule has 2 aliphatic rings. The van der Waals surface area contributed by atoms with E-state index in [-0.39, 0.29) is 18.2 Å². The first-order valence-electron chi connectivity index (χ1n) is 5.99. The summed E-state index contributed by atoms with van der Waals surface area (Å²) in [4.78, 5) is 0. The fraction of sp³-hybridized carbons (Fsp3) is 1.00. The minimum Gasteiger partial charge on any atom is -0.379 e. The molecule has 0 radical (unpaired) electrons. The lowest BCUT2D eigenvalue weighted by atomic mass is 10.3. The van der Waals surface area contributed by atoms with Crippen LogP contribution in [0.1, 0.15) is 12.8 Å². The van der Waals surface area contributed by atoms with Gasteiger partial charge in [0.2, 0.25) is 0 Å². The van der Waals surface area contributed by atoms with E-state index >= 15 is 0 Å². The normalized spacial score (nSPS) is 32.1. The molecule has 0 saturated carbocycles. The summed E-state index contributed by atoms with van der Waals surface area (Å²) in [5.41, 5.74) is 5.90. The number of hydrogen-bond donors (Lipinski definition) is 1. The quantitative estimate of drug-likeness (QED) is 0.693. The monoisotopic (exact) mass is 231 g/mol. The maximum atomic E-state index is 5.90. The third kappa shape index (κ3) is 3.99. The van der Waals surface area contributed by atoms with Gasteiger partial charge in [-0.25, -0.2) is 0 Å². The number of ether oxygens (including phenoxy) is 4. The molecule has 5 heteroatoms. The van der Waals surface area contributed by atoms with Crippen LogP contribution in [0.4, 0.5) is 0 Å².